The molecule has 2 N–H and O–H groups in total. The summed E-state index contributed by atoms with van der Waals surface area (Å²) in [7, 11) is 0. The highest BCUT2D eigenvalue weighted by molar-refractivity contribution is 5.79. The van der Waals surface area contributed by atoms with E-state index in [9.17, 15) is 13.2 Å². The summed E-state index contributed by atoms with van der Waals surface area (Å²) in [5.74, 6) is -3.21. The second kappa shape index (κ2) is 3.98. The van der Waals surface area contributed by atoms with Crippen LogP contribution in [0.5, 0.6) is 0 Å². The molecule has 0 amide bonds. The molecule has 0 aliphatic rings. The lowest BCUT2D eigenvalue weighted by atomic mass is 10.2. The van der Waals surface area contributed by atoms with Crippen molar-refractivity contribution in [1.29, 1.82) is 0 Å². The Balaban J connectivity index is 2.40. The van der Waals surface area contributed by atoms with Crippen molar-refractivity contribution in [2.45, 2.75) is 0 Å². The molecule has 3 aromatic rings. The van der Waals surface area contributed by atoms with Crippen LogP contribution in [0.2, 0.25) is 0 Å². The van der Waals surface area contributed by atoms with Crippen LogP contribution in [0.4, 0.5) is 19.1 Å². The Kier molecular flexibility index (Phi) is 2.41. The van der Waals surface area contributed by atoms with Crippen LogP contribution in [0.25, 0.3) is 16.7 Å². The summed E-state index contributed by atoms with van der Waals surface area (Å²) in [6.45, 7) is 0. The zero-order valence-electron chi connectivity index (χ0n) is 9.44. The van der Waals surface area contributed by atoms with E-state index >= 15 is 0 Å². The fraction of sp³-hybridized carbons (Fsp3) is 0. The van der Waals surface area contributed by atoms with Gasteiger partial charge in [-0.15, -0.1) is 0 Å². The molecule has 0 bridgehead atoms. The minimum atomic E-state index is -1.06. The van der Waals surface area contributed by atoms with Gasteiger partial charge in [0.1, 0.15) is 17.0 Å². The normalized spacial score (nSPS) is 11.1. The van der Waals surface area contributed by atoms with Gasteiger partial charge in [-0.05, 0) is 6.07 Å². The third kappa shape index (κ3) is 1.70. The molecule has 0 atom stereocenters. The van der Waals surface area contributed by atoms with Crippen molar-refractivity contribution < 1.29 is 13.2 Å². The molecule has 0 saturated heterocycles. The van der Waals surface area contributed by atoms with Crippen LogP contribution < -0.4 is 5.73 Å². The highest BCUT2D eigenvalue weighted by atomic mass is 19.1. The van der Waals surface area contributed by atoms with Crippen molar-refractivity contribution >= 4 is 17.0 Å². The number of halogens is 3. The van der Waals surface area contributed by atoms with Crippen LogP contribution in [0, 0.1) is 17.5 Å². The van der Waals surface area contributed by atoms with Gasteiger partial charge in [-0.3, -0.25) is 9.55 Å². The molecule has 96 valence electrons. The van der Waals surface area contributed by atoms with Crippen molar-refractivity contribution in [3.63, 3.8) is 0 Å². The van der Waals surface area contributed by atoms with Gasteiger partial charge < -0.3 is 5.73 Å². The number of hydrogen-bond donors (Lipinski definition) is 1. The minimum Gasteiger partial charge on any atom is -0.369 e. The van der Waals surface area contributed by atoms with Gasteiger partial charge in [0.25, 0.3) is 0 Å². The maximum Gasteiger partial charge on any atom is 0.206 e. The number of anilines is 1. The van der Waals surface area contributed by atoms with Crippen molar-refractivity contribution in [3.05, 3.63) is 48.0 Å². The molecule has 0 spiro atoms. The largest absolute Gasteiger partial charge is 0.369 e. The molecule has 3 rings (SSSR count). The van der Waals surface area contributed by atoms with Crippen LogP contribution >= 0.6 is 0 Å². The first-order valence-electron chi connectivity index (χ1n) is 5.31. The number of imidazole rings is 1. The monoisotopic (exact) mass is 264 g/mol. The second-order valence-electron chi connectivity index (χ2n) is 3.89. The Hall–Kier alpha value is -2.57. The van der Waals surface area contributed by atoms with E-state index in [4.69, 9.17) is 5.73 Å². The van der Waals surface area contributed by atoms with Gasteiger partial charge in [-0.2, -0.15) is 0 Å². The molecule has 0 fully saturated rings. The fourth-order valence-electron chi connectivity index (χ4n) is 1.93. The number of aromatic nitrogens is 3. The topological polar surface area (TPSA) is 56.7 Å². The summed E-state index contributed by atoms with van der Waals surface area (Å²) in [5.41, 5.74) is 5.97. The van der Waals surface area contributed by atoms with Crippen LogP contribution in [-0.4, -0.2) is 14.5 Å². The maximum absolute atomic E-state index is 13.8. The average Bonchev–Trinajstić information content (AvgIpc) is 2.65. The summed E-state index contributed by atoms with van der Waals surface area (Å²) < 4.78 is 41.6. The predicted octanol–water partition coefficient (Wildman–Crippen LogP) is 2.42. The summed E-state index contributed by atoms with van der Waals surface area (Å²) in [6.07, 6.45) is 2.86. The number of benzene rings is 1. The quantitative estimate of drug-likeness (QED) is 0.734. The number of nitrogen functional groups attached to an aromatic ring is 1. The van der Waals surface area contributed by atoms with E-state index in [0.29, 0.717) is 23.2 Å². The molecule has 2 heterocycles. The first kappa shape index (κ1) is 11.5. The Morgan fingerprint density at radius 3 is 2.47 bits per heavy atom. The van der Waals surface area contributed by atoms with E-state index in [1.54, 1.807) is 0 Å². The van der Waals surface area contributed by atoms with Crippen LogP contribution in [0.1, 0.15) is 0 Å². The Morgan fingerprint density at radius 2 is 1.79 bits per heavy atom. The lowest BCUT2D eigenvalue weighted by Gasteiger charge is -2.09. The molecule has 0 aliphatic carbocycles. The first-order chi connectivity index (χ1) is 9.08. The van der Waals surface area contributed by atoms with Gasteiger partial charge in [0.05, 0.1) is 11.7 Å². The number of hydrogen-bond acceptors (Lipinski definition) is 3. The zero-order chi connectivity index (χ0) is 13.6. The second-order valence-corrected chi connectivity index (χ2v) is 3.89. The van der Waals surface area contributed by atoms with Gasteiger partial charge >= 0.3 is 0 Å². The molecule has 4 nitrogen and oxygen atoms in total. The van der Waals surface area contributed by atoms with Gasteiger partial charge in [0, 0.05) is 18.3 Å². The third-order valence-electron chi connectivity index (χ3n) is 2.69. The van der Waals surface area contributed by atoms with Crippen LogP contribution in [0.3, 0.4) is 0 Å². The molecule has 0 unspecified atom stereocenters. The Morgan fingerprint density at radius 1 is 1.11 bits per heavy atom. The number of fused-ring (bicyclic) bond motifs is 1. The molecule has 0 radical (unpaired) electrons. The molecule has 0 aliphatic heterocycles. The predicted molar refractivity (Wildman–Crippen MR) is 63.2 cm³/mol. The molecular formula is C12H7F3N4. The summed E-state index contributed by atoms with van der Waals surface area (Å²) in [6, 6.07) is 2.69. The van der Waals surface area contributed by atoms with Crippen molar-refractivity contribution in [3.8, 4) is 5.69 Å². The summed E-state index contributed by atoms with van der Waals surface area (Å²) in [5, 5.41) is 0. The van der Waals surface area contributed by atoms with Crippen molar-refractivity contribution in [1.82, 2.24) is 14.5 Å². The molecule has 7 heteroatoms. The smallest absolute Gasteiger partial charge is 0.206 e. The lowest BCUT2D eigenvalue weighted by molar-refractivity contribution is 0.536. The number of nitrogens with zero attached hydrogens (tertiary/aromatic N) is 3. The van der Waals surface area contributed by atoms with Gasteiger partial charge in [-0.1, -0.05) is 0 Å². The van der Waals surface area contributed by atoms with Crippen LogP contribution in [-0.2, 0) is 0 Å². The van der Waals surface area contributed by atoms with E-state index < -0.39 is 23.1 Å². The number of rotatable bonds is 1. The number of nitrogens with two attached hydrogens (primary N) is 1. The Labute approximate surface area is 105 Å². The summed E-state index contributed by atoms with van der Waals surface area (Å²) >= 11 is 0. The van der Waals surface area contributed by atoms with E-state index in [-0.39, 0.29) is 5.95 Å². The molecule has 2 aromatic heterocycles. The Bertz CT molecular complexity index is 759. The standard InChI is InChI=1S/C12H7F3N4/c13-6-3-7(14)11(8(15)4-6)19-10-1-2-17-5-9(10)18-12(19)16/h1-5H,(H2,16,18). The van der Waals surface area contributed by atoms with Crippen molar-refractivity contribution in [2.75, 3.05) is 5.73 Å². The minimum absolute atomic E-state index is 0.104. The van der Waals surface area contributed by atoms with Gasteiger partial charge in [-0.25, -0.2) is 18.2 Å². The molecule has 19 heavy (non-hydrogen) atoms. The van der Waals surface area contributed by atoms with E-state index in [2.05, 4.69) is 9.97 Å². The van der Waals surface area contributed by atoms with Gasteiger partial charge in [0.15, 0.2) is 11.6 Å². The lowest BCUT2D eigenvalue weighted by Crippen LogP contribution is -2.06. The zero-order valence-corrected chi connectivity index (χ0v) is 9.44. The van der Waals surface area contributed by atoms with Gasteiger partial charge in [0.2, 0.25) is 5.95 Å². The number of pyridine rings is 1. The van der Waals surface area contributed by atoms with E-state index in [1.807, 2.05) is 0 Å². The molecule has 0 saturated carbocycles. The highest BCUT2D eigenvalue weighted by Gasteiger charge is 2.18. The summed E-state index contributed by atoms with van der Waals surface area (Å²) in [4.78, 5) is 7.79. The average molecular weight is 264 g/mol. The maximum atomic E-state index is 13.8. The SMILES string of the molecule is Nc1nc2cnccc2n1-c1c(F)cc(F)cc1F. The molecule has 1 aromatic carbocycles. The van der Waals surface area contributed by atoms with E-state index in [1.165, 1.54) is 18.5 Å². The van der Waals surface area contributed by atoms with Crippen LogP contribution in [0.15, 0.2) is 30.6 Å². The first-order valence-corrected chi connectivity index (χ1v) is 5.31. The van der Waals surface area contributed by atoms with E-state index in [0.717, 1.165) is 4.57 Å². The highest BCUT2D eigenvalue weighted by Crippen LogP contribution is 2.26. The molecular weight excluding hydrogens is 257 g/mol. The fourth-order valence-corrected chi connectivity index (χ4v) is 1.93. The van der Waals surface area contributed by atoms with Crippen molar-refractivity contribution in [2.24, 2.45) is 0 Å². The third-order valence-corrected chi connectivity index (χ3v) is 2.69.